The van der Waals surface area contributed by atoms with Crippen LogP contribution < -0.4 is 10.5 Å². The summed E-state index contributed by atoms with van der Waals surface area (Å²) < 4.78 is 9.94. The van der Waals surface area contributed by atoms with Gasteiger partial charge in [0.1, 0.15) is 22.7 Å². The molecule has 84 valence electrons. The lowest BCUT2D eigenvalue weighted by Gasteiger charge is -2.07. The Bertz CT molecular complexity index is 526. The molecule has 0 unspecified atom stereocenters. The molecular weight excluding hydrogens is 251 g/mol. The number of nitrogens with two attached hydrogens (primary N) is 1. The van der Waals surface area contributed by atoms with E-state index in [2.05, 4.69) is 4.98 Å². The van der Waals surface area contributed by atoms with Gasteiger partial charge in [-0.25, -0.2) is 0 Å². The summed E-state index contributed by atoms with van der Waals surface area (Å²) in [6.45, 7) is 0. The molecule has 0 saturated carbocycles. The Morgan fingerprint density at radius 1 is 1.31 bits per heavy atom. The van der Waals surface area contributed by atoms with Gasteiger partial charge in [-0.3, -0.25) is 0 Å². The SMILES string of the molecule is COc1ccc(-c2coc(N)n2)c(Cl)c1Cl. The number of anilines is 1. The zero-order valence-electron chi connectivity index (χ0n) is 8.33. The number of oxazole rings is 1. The maximum absolute atomic E-state index is 6.09. The van der Waals surface area contributed by atoms with Crippen LogP contribution in [-0.2, 0) is 0 Å². The molecule has 2 aromatic rings. The first-order chi connectivity index (χ1) is 7.63. The zero-order chi connectivity index (χ0) is 11.7. The first-order valence-corrected chi connectivity index (χ1v) is 5.12. The zero-order valence-corrected chi connectivity index (χ0v) is 9.84. The van der Waals surface area contributed by atoms with Crippen molar-refractivity contribution in [2.24, 2.45) is 0 Å². The number of ether oxygens (including phenoxy) is 1. The van der Waals surface area contributed by atoms with Crippen LogP contribution in [0.15, 0.2) is 22.8 Å². The molecule has 0 bridgehead atoms. The predicted molar refractivity (Wildman–Crippen MR) is 62.9 cm³/mol. The Labute approximate surface area is 102 Å². The lowest BCUT2D eigenvalue weighted by molar-refractivity contribution is 0.415. The standard InChI is InChI=1S/C10H8Cl2N2O2/c1-15-7-3-2-5(8(11)9(7)12)6-4-16-10(13)14-6/h2-4H,1H3,(H2,13,14). The Morgan fingerprint density at radius 3 is 2.62 bits per heavy atom. The second-order valence-corrected chi connectivity index (χ2v) is 3.77. The number of methoxy groups -OCH3 is 1. The largest absolute Gasteiger partial charge is 0.495 e. The number of benzene rings is 1. The monoisotopic (exact) mass is 258 g/mol. The van der Waals surface area contributed by atoms with E-state index in [-0.39, 0.29) is 6.01 Å². The lowest BCUT2D eigenvalue weighted by atomic mass is 10.1. The maximum Gasteiger partial charge on any atom is 0.292 e. The quantitative estimate of drug-likeness (QED) is 0.899. The van der Waals surface area contributed by atoms with Crippen LogP contribution in [0, 0.1) is 0 Å². The molecule has 1 aromatic carbocycles. The van der Waals surface area contributed by atoms with Gasteiger partial charge in [-0.05, 0) is 12.1 Å². The summed E-state index contributed by atoms with van der Waals surface area (Å²) in [6, 6.07) is 3.52. The van der Waals surface area contributed by atoms with Gasteiger partial charge in [-0.1, -0.05) is 23.2 Å². The molecule has 0 aliphatic heterocycles. The van der Waals surface area contributed by atoms with E-state index in [4.69, 9.17) is 38.1 Å². The highest BCUT2D eigenvalue weighted by Gasteiger charge is 2.14. The molecule has 0 saturated heterocycles. The van der Waals surface area contributed by atoms with Crippen LogP contribution in [0.2, 0.25) is 10.0 Å². The van der Waals surface area contributed by atoms with Crippen LogP contribution in [-0.4, -0.2) is 12.1 Å². The molecule has 0 fully saturated rings. The van der Waals surface area contributed by atoms with Crippen LogP contribution in [0.25, 0.3) is 11.3 Å². The minimum atomic E-state index is 0.0815. The van der Waals surface area contributed by atoms with Crippen LogP contribution in [0.5, 0.6) is 5.75 Å². The third kappa shape index (κ3) is 1.81. The van der Waals surface area contributed by atoms with Gasteiger partial charge in [0.2, 0.25) is 0 Å². The van der Waals surface area contributed by atoms with Crippen LogP contribution in [0.1, 0.15) is 0 Å². The first kappa shape index (κ1) is 11.1. The molecule has 0 amide bonds. The molecule has 0 aliphatic carbocycles. The molecule has 1 aromatic heterocycles. The number of rotatable bonds is 2. The molecule has 0 spiro atoms. The van der Waals surface area contributed by atoms with Crippen molar-refractivity contribution >= 4 is 29.2 Å². The van der Waals surface area contributed by atoms with E-state index >= 15 is 0 Å². The fraction of sp³-hybridized carbons (Fsp3) is 0.100. The fourth-order valence-electron chi connectivity index (χ4n) is 1.30. The van der Waals surface area contributed by atoms with Crippen molar-refractivity contribution in [1.29, 1.82) is 0 Å². The van der Waals surface area contributed by atoms with Crippen molar-refractivity contribution in [3.8, 4) is 17.0 Å². The van der Waals surface area contributed by atoms with Gasteiger partial charge < -0.3 is 14.9 Å². The Kier molecular flexibility index (Phi) is 2.94. The fourth-order valence-corrected chi connectivity index (χ4v) is 1.79. The van der Waals surface area contributed by atoms with Gasteiger partial charge in [-0.15, -0.1) is 0 Å². The molecular formula is C10H8Cl2N2O2. The second kappa shape index (κ2) is 4.23. The highest BCUT2D eigenvalue weighted by molar-refractivity contribution is 6.44. The van der Waals surface area contributed by atoms with Crippen LogP contribution >= 0.6 is 23.2 Å². The van der Waals surface area contributed by atoms with Gasteiger partial charge in [0.25, 0.3) is 6.01 Å². The summed E-state index contributed by atoms with van der Waals surface area (Å²) in [6.07, 6.45) is 1.42. The predicted octanol–water partition coefficient (Wildman–Crippen LogP) is 3.24. The summed E-state index contributed by atoms with van der Waals surface area (Å²) in [5, 5.41) is 0.692. The Hall–Kier alpha value is -1.39. The molecule has 0 radical (unpaired) electrons. The third-order valence-corrected chi connectivity index (χ3v) is 2.93. The minimum absolute atomic E-state index is 0.0815. The maximum atomic E-state index is 6.09. The molecule has 2 rings (SSSR count). The van der Waals surface area contributed by atoms with Gasteiger partial charge >= 0.3 is 0 Å². The molecule has 0 atom stereocenters. The van der Waals surface area contributed by atoms with Crippen LogP contribution in [0.4, 0.5) is 6.01 Å². The molecule has 1 heterocycles. The number of nitrogen functional groups attached to an aromatic ring is 1. The second-order valence-electron chi connectivity index (χ2n) is 3.01. The lowest BCUT2D eigenvalue weighted by Crippen LogP contribution is -1.88. The van der Waals surface area contributed by atoms with E-state index < -0.39 is 0 Å². The van der Waals surface area contributed by atoms with Gasteiger partial charge in [-0.2, -0.15) is 4.98 Å². The molecule has 16 heavy (non-hydrogen) atoms. The van der Waals surface area contributed by atoms with Gasteiger partial charge in [0.05, 0.1) is 12.1 Å². The number of halogens is 2. The molecule has 2 N–H and O–H groups in total. The van der Waals surface area contributed by atoms with Crippen molar-refractivity contribution in [2.75, 3.05) is 12.8 Å². The van der Waals surface area contributed by atoms with E-state index in [1.165, 1.54) is 13.4 Å². The van der Waals surface area contributed by atoms with E-state index in [9.17, 15) is 0 Å². The van der Waals surface area contributed by atoms with Crippen molar-refractivity contribution < 1.29 is 9.15 Å². The average Bonchev–Trinajstić information content (AvgIpc) is 2.69. The summed E-state index contributed by atoms with van der Waals surface area (Å²) in [5.41, 5.74) is 6.56. The van der Waals surface area contributed by atoms with Gasteiger partial charge in [0.15, 0.2) is 0 Å². The highest BCUT2D eigenvalue weighted by atomic mass is 35.5. The summed E-state index contributed by atoms with van der Waals surface area (Å²) in [7, 11) is 1.52. The van der Waals surface area contributed by atoms with Crippen molar-refractivity contribution in [3.05, 3.63) is 28.4 Å². The summed E-state index contributed by atoms with van der Waals surface area (Å²) in [4.78, 5) is 3.97. The highest BCUT2D eigenvalue weighted by Crippen LogP contribution is 2.39. The van der Waals surface area contributed by atoms with Crippen molar-refractivity contribution in [2.45, 2.75) is 0 Å². The third-order valence-electron chi connectivity index (χ3n) is 2.06. The summed E-state index contributed by atoms with van der Waals surface area (Å²) in [5.74, 6) is 0.506. The Morgan fingerprint density at radius 2 is 2.06 bits per heavy atom. The van der Waals surface area contributed by atoms with E-state index in [0.29, 0.717) is 27.1 Å². The van der Waals surface area contributed by atoms with E-state index in [1.807, 2.05) is 0 Å². The number of hydrogen-bond acceptors (Lipinski definition) is 4. The number of aromatic nitrogens is 1. The van der Waals surface area contributed by atoms with Crippen molar-refractivity contribution in [1.82, 2.24) is 4.98 Å². The number of nitrogens with zero attached hydrogens (tertiary/aromatic N) is 1. The minimum Gasteiger partial charge on any atom is -0.495 e. The first-order valence-electron chi connectivity index (χ1n) is 4.37. The Balaban J connectivity index is 2.55. The normalized spacial score (nSPS) is 10.4. The van der Waals surface area contributed by atoms with Crippen LogP contribution in [0.3, 0.4) is 0 Å². The van der Waals surface area contributed by atoms with E-state index in [0.717, 1.165) is 0 Å². The smallest absolute Gasteiger partial charge is 0.292 e. The molecule has 4 nitrogen and oxygen atoms in total. The number of hydrogen-bond donors (Lipinski definition) is 1. The summed E-state index contributed by atoms with van der Waals surface area (Å²) >= 11 is 12.1. The van der Waals surface area contributed by atoms with Crippen molar-refractivity contribution in [3.63, 3.8) is 0 Å². The van der Waals surface area contributed by atoms with Gasteiger partial charge in [0, 0.05) is 5.56 Å². The topological polar surface area (TPSA) is 61.3 Å². The average molecular weight is 259 g/mol. The van der Waals surface area contributed by atoms with E-state index in [1.54, 1.807) is 12.1 Å². The molecule has 6 heteroatoms. The molecule has 0 aliphatic rings.